The van der Waals surface area contributed by atoms with Crippen molar-refractivity contribution in [1.82, 2.24) is 10.2 Å². The van der Waals surface area contributed by atoms with E-state index in [1.54, 1.807) is 7.11 Å². The first-order valence-corrected chi connectivity index (χ1v) is 7.91. The Morgan fingerprint density at radius 1 is 1.30 bits per heavy atom. The van der Waals surface area contributed by atoms with Gasteiger partial charge in [0.2, 0.25) is 0 Å². The fourth-order valence-electron chi connectivity index (χ4n) is 4.64. The molecule has 0 aromatic heterocycles. The van der Waals surface area contributed by atoms with Gasteiger partial charge in [-0.2, -0.15) is 0 Å². The molecule has 0 radical (unpaired) electrons. The number of methoxy groups -OCH3 is 1. The fourth-order valence-corrected chi connectivity index (χ4v) is 4.64. The molecule has 108 valence electrons. The molecule has 0 saturated carbocycles. The van der Waals surface area contributed by atoms with Gasteiger partial charge < -0.3 is 10.1 Å². The van der Waals surface area contributed by atoms with Crippen LogP contribution >= 0.6 is 0 Å². The zero-order valence-corrected chi connectivity index (χ0v) is 12.4. The van der Waals surface area contributed by atoms with E-state index in [1.165, 1.54) is 43.6 Å². The lowest BCUT2D eigenvalue weighted by molar-refractivity contribution is 0.170. The summed E-state index contributed by atoms with van der Waals surface area (Å²) in [5.41, 5.74) is 3.04. The minimum atomic E-state index is 0.612. The van der Waals surface area contributed by atoms with Gasteiger partial charge in [0.15, 0.2) is 0 Å². The minimum Gasteiger partial charge on any atom is -0.497 e. The molecular weight excluding hydrogens is 248 g/mol. The summed E-state index contributed by atoms with van der Waals surface area (Å²) in [6.07, 6.45) is 2.50. The van der Waals surface area contributed by atoms with Crippen LogP contribution in [0.2, 0.25) is 0 Å². The first-order valence-electron chi connectivity index (χ1n) is 7.91. The van der Waals surface area contributed by atoms with Crippen molar-refractivity contribution in [3.63, 3.8) is 0 Å². The highest BCUT2D eigenvalue weighted by Gasteiger charge is 2.45. The highest BCUT2D eigenvalue weighted by molar-refractivity contribution is 5.41. The molecule has 3 heteroatoms. The normalized spacial score (nSPS) is 36.1. The maximum Gasteiger partial charge on any atom is 0.119 e. The van der Waals surface area contributed by atoms with Crippen molar-refractivity contribution < 1.29 is 4.74 Å². The van der Waals surface area contributed by atoms with Gasteiger partial charge in [-0.05, 0) is 68.0 Å². The molecule has 2 aliphatic heterocycles. The molecule has 2 heterocycles. The molecule has 1 N–H and O–H groups in total. The third-order valence-corrected chi connectivity index (χ3v) is 5.78. The maximum absolute atomic E-state index is 5.42. The molecule has 4 unspecified atom stereocenters. The summed E-state index contributed by atoms with van der Waals surface area (Å²) in [4.78, 5) is 2.77. The number of nitrogens with zero attached hydrogens (tertiary/aromatic N) is 1. The standard InChI is InChI=1S/C17H24N2O/c1-11-16-9-18-8-13(16)10-19(11)17-6-4-12-3-5-14(20-2)7-15(12)17/h3,5,7,11,13,16-18H,4,6,8-10H2,1-2H3. The van der Waals surface area contributed by atoms with Gasteiger partial charge in [0.1, 0.15) is 5.75 Å². The van der Waals surface area contributed by atoms with Gasteiger partial charge in [-0.15, -0.1) is 0 Å². The van der Waals surface area contributed by atoms with E-state index in [0.717, 1.165) is 17.6 Å². The molecule has 4 atom stereocenters. The Labute approximate surface area is 121 Å². The summed E-state index contributed by atoms with van der Waals surface area (Å²) in [5.74, 6) is 2.72. The SMILES string of the molecule is COc1ccc2c(c1)C(N1CC3CNCC3C1C)CC2. The minimum absolute atomic E-state index is 0.612. The summed E-state index contributed by atoms with van der Waals surface area (Å²) >= 11 is 0. The molecule has 20 heavy (non-hydrogen) atoms. The van der Waals surface area contributed by atoms with Crippen LogP contribution in [0.1, 0.15) is 30.5 Å². The summed E-state index contributed by atoms with van der Waals surface area (Å²) in [7, 11) is 1.76. The molecule has 2 saturated heterocycles. The molecule has 1 aromatic carbocycles. The van der Waals surface area contributed by atoms with E-state index in [1.807, 2.05) is 0 Å². The lowest BCUT2D eigenvalue weighted by Gasteiger charge is -2.31. The summed E-state index contributed by atoms with van der Waals surface area (Å²) < 4.78 is 5.42. The second-order valence-electron chi connectivity index (χ2n) is 6.64. The van der Waals surface area contributed by atoms with Crippen molar-refractivity contribution in [2.75, 3.05) is 26.7 Å². The Kier molecular flexibility index (Phi) is 3.00. The van der Waals surface area contributed by atoms with Gasteiger partial charge in [0, 0.05) is 18.6 Å². The van der Waals surface area contributed by atoms with E-state index in [0.29, 0.717) is 12.1 Å². The average Bonchev–Trinajstić information content (AvgIpc) is 3.14. The largest absolute Gasteiger partial charge is 0.497 e. The van der Waals surface area contributed by atoms with Gasteiger partial charge in [-0.3, -0.25) is 4.90 Å². The third-order valence-electron chi connectivity index (χ3n) is 5.78. The van der Waals surface area contributed by atoms with Crippen molar-refractivity contribution in [1.29, 1.82) is 0 Å². The van der Waals surface area contributed by atoms with Crippen LogP contribution in [-0.2, 0) is 6.42 Å². The van der Waals surface area contributed by atoms with E-state index in [2.05, 4.69) is 35.3 Å². The zero-order chi connectivity index (χ0) is 13.7. The molecule has 1 aliphatic carbocycles. The topological polar surface area (TPSA) is 24.5 Å². The number of fused-ring (bicyclic) bond motifs is 2. The smallest absolute Gasteiger partial charge is 0.119 e. The highest BCUT2D eigenvalue weighted by atomic mass is 16.5. The fraction of sp³-hybridized carbons (Fsp3) is 0.647. The predicted octanol–water partition coefficient (Wildman–Crippen LogP) is 2.22. The molecule has 4 rings (SSSR count). The molecular formula is C17H24N2O. The first kappa shape index (κ1) is 12.7. The van der Waals surface area contributed by atoms with Gasteiger partial charge in [0.25, 0.3) is 0 Å². The van der Waals surface area contributed by atoms with E-state index < -0.39 is 0 Å². The lowest BCUT2D eigenvalue weighted by Crippen LogP contribution is -2.35. The van der Waals surface area contributed by atoms with Gasteiger partial charge in [0.05, 0.1) is 7.11 Å². The molecule has 0 spiro atoms. The predicted molar refractivity (Wildman–Crippen MR) is 80.1 cm³/mol. The van der Waals surface area contributed by atoms with E-state index in [9.17, 15) is 0 Å². The number of hydrogen-bond acceptors (Lipinski definition) is 3. The molecule has 2 fully saturated rings. The molecule has 3 aliphatic rings. The van der Waals surface area contributed by atoms with Crippen molar-refractivity contribution in [3.05, 3.63) is 29.3 Å². The summed E-state index contributed by atoms with van der Waals surface area (Å²) in [6.45, 7) is 6.11. The van der Waals surface area contributed by atoms with Crippen LogP contribution in [0, 0.1) is 11.8 Å². The molecule has 3 nitrogen and oxygen atoms in total. The van der Waals surface area contributed by atoms with Gasteiger partial charge in [-0.25, -0.2) is 0 Å². The average molecular weight is 272 g/mol. The number of likely N-dealkylation sites (tertiary alicyclic amines) is 1. The molecule has 0 amide bonds. The lowest BCUT2D eigenvalue weighted by atomic mass is 9.95. The number of aryl methyl sites for hydroxylation is 1. The number of benzene rings is 1. The van der Waals surface area contributed by atoms with Crippen LogP contribution in [0.15, 0.2) is 18.2 Å². The quantitative estimate of drug-likeness (QED) is 0.893. The highest BCUT2D eigenvalue weighted by Crippen LogP contribution is 2.44. The third kappa shape index (κ3) is 1.80. The molecule has 1 aromatic rings. The zero-order valence-electron chi connectivity index (χ0n) is 12.4. The molecule has 0 bridgehead atoms. The van der Waals surface area contributed by atoms with E-state index >= 15 is 0 Å². The van der Waals surface area contributed by atoms with Crippen molar-refractivity contribution in [2.24, 2.45) is 11.8 Å². The van der Waals surface area contributed by atoms with Crippen molar-refractivity contribution in [2.45, 2.75) is 31.8 Å². The number of nitrogens with one attached hydrogen (secondary N) is 1. The van der Waals surface area contributed by atoms with Crippen molar-refractivity contribution >= 4 is 0 Å². The Bertz CT molecular complexity index is 516. The monoisotopic (exact) mass is 272 g/mol. The Morgan fingerprint density at radius 3 is 3.00 bits per heavy atom. The van der Waals surface area contributed by atoms with Gasteiger partial charge >= 0.3 is 0 Å². The van der Waals surface area contributed by atoms with Crippen molar-refractivity contribution in [3.8, 4) is 5.75 Å². The Morgan fingerprint density at radius 2 is 2.20 bits per heavy atom. The summed E-state index contributed by atoms with van der Waals surface area (Å²) in [6, 6.07) is 7.95. The number of ether oxygens (including phenoxy) is 1. The maximum atomic E-state index is 5.42. The van der Waals surface area contributed by atoms with Crippen LogP contribution < -0.4 is 10.1 Å². The van der Waals surface area contributed by atoms with Crippen LogP contribution in [0.25, 0.3) is 0 Å². The van der Waals surface area contributed by atoms with Crippen LogP contribution in [-0.4, -0.2) is 37.7 Å². The number of rotatable bonds is 2. The summed E-state index contributed by atoms with van der Waals surface area (Å²) in [5, 5.41) is 3.56. The van der Waals surface area contributed by atoms with E-state index in [4.69, 9.17) is 4.74 Å². The Balaban J connectivity index is 1.62. The van der Waals surface area contributed by atoms with Crippen LogP contribution in [0.5, 0.6) is 5.75 Å². The van der Waals surface area contributed by atoms with Crippen LogP contribution in [0.3, 0.4) is 0 Å². The Hall–Kier alpha value is -1.06. The second-order valence-corrected chi connectivity index (χ2v) is 6.64. The first-order chi connectivity index (χ1) is 9.78. The van der Waals surface area contributed by atoms with Crippen LogP contribution in [0.4, 0.5) is 0 Å². The number of hydrogen-bond donors (Lipinski definition) is 1. The van der Waals surface area contributed by atoms with E-state index in [-0.39, 0.29) is 0 Å². The van der Waals surface area contributed by atoms with Gasteiger partial charge in [-0.1, -0.05) is 6.07 Å². The second kappa shape index (κ2) is 4.74.